The molecule has 30 heavy (non-hydrogen) atoms. The van der Waals surface area contributed by atoms with Gasteiger partial charge in [0.25, 0.3) is 15.7 Å². The topological polar surface area (TPSA) is 87.7 Å². The van der Waals surface area contributed by atoms with E-state index in [1.807, 2.05) is 0 Å². The molecule has 3 rings (SSSR count). The van der Waals surface area contributed by atoms with Crippen molar-refractivity contribution in [2.24, 2.45) is 0 Å². The molecule has 2 aromatic rings. The molecule has 0 atom stereocenters. The Hall–Kier alpha value is -2.95. The van der Waals surface area contributed by atoms with Crippen molar-refractivity contribution in [3.63, 3.8) is 0 Å². The van der Waals surface area contributed by atoms with Crippen molar-refractivity contribution in [3.8, 4) is 0 Å². The average Bonchev–Trinajstić information content (AvgIpc) is 2.81. The Labute approximate surface area is 171 Å². The van der Waals surface area contributed by atoms with Gasteiger partial charge in [0, 0.05) is 18.4 Å². The number of carbonyl (C=O) groups excluding carboxylic acids is 2. The molecule has 0 unspecified atom stereocenters. The SMILES string of the molecule is Cc1cc(CN2C(=O)N(c3ccc(S(=O)(=O)C(F)(F)F)cc3)C(=O)C2(C)C)ccn1. The minimum absolute atomic E-state index is 0.0207. The number of pyridine rings is 1. The van der Waals surface area contributed by atoms with Crippen LogP contribution in [0.15, 0.2) is 47.5 Å². The smallest absolute Gasteiger partial charge is 0.305 e. The third kappa shape index (κ3) is 3.53. The molecule has 11 heteroatoms. The van der Waals surface area contributed by atoms with Crippen LogP contribution in [0.1, 0.15) is 25.1 Å². The second-order valence-corrected chi connectivity index (χ2v) is 9.26. The maximum absolute atomic E-state index is 13.0. The maximum atomic E-state index is 13.0. The lowest BCUT2D eigenvalue weighted by Gasteiger charge is -2.27. The van der Waals surface area contributed by atoms with Gasteiger partial charge >= 0.3 is 11.5 Å². The molecule has 7 nitrogen and oxygen atoms in total. The van der Waals surface area contributed by atoms with Crippen LogP contribution in [0.25, 0.3) is 0 Å². The second-order valence-electron chi connectivity index (χ2n) is 7.32. The first-order valence-electron chi connectivity index (χ1n) is 8.76. The molecule has 1 fully saturated rings. The van der Waals surface area contributed by atoms with Crippen LogP contribution in [-0.4, -0.2) is 41.3 Å². The Bertz CT molecular complexity index is 1110. The average molecular weight is 441 g/mol. The second kappa shape index (κ2) is 7.08. The lowest BCUT2D eigenvalue weighted by atomic mass is 10.0. The van der Waals surface area contributed by atoms with Crippen molar-refractivity contribution < 1.29 is 31.2 Å². The first-order valence-corrected chi connectivity index (χ1v) is 10.2. The Morgan fingerprint density at radius 1 is 1.07 bits per heavy atom. The summed E-state index contributed by atoms with van der Waals surface area (Å²) in [7, 11) is -5.53. The first kappa shape index (κ1) is 21.8. The number of urea groups is 1. The van der Waals surface area contributed by atoms with E-state index in [1.54, 1.807) is 39.1 Å². The molecular formula is C19H18F3N3O4S. The molecule has 0 radical (unpaired) electrons. The van der Waals surface area contributed by atoms with Gasteiger partial charge in [-0.2, -0.15) is 13.2 Å². The van der Waals surface area contributed by atoms with Crippen LogP contribution in [0.4, 0.5) is 23.7 Å². The molecule has 160 valence electrons. The van der Waals surface area contributed by atoms with E-state index < -0.39 is 37.7 Å². The van der Waals surface area contributed by atoms with Crippen molar-refractivity contribution in [2.45, 2.75) is 43.3 Å². The van der Waals surface area contributed by atoms with Gasteiger partial charge in [-0.05, 0) is 62.7 Å². The zero-order chi connectivity index (χ0) is 22.5. The van der Waals surface area contributed by atoms with Gasteiger partial charge in [-0.1, -0.05) is 0 Å². The van der Waals surface area contributed by atoms with Crippen LogP contribution in [0.2, 0.25) is 0 Å². The van der Waals surface area contributed by atoms with Crippen LogP contribution in [0.5, 0.6) is 0 Å². The summed E-state index contributed by atoms with van der Waals surface area (Å²) in [4.78, 5) is 31.2. The van der Waals surface area contributed by atoms with Crippen LogP contribution in [-0.2, 0) is 21.2 Å². The van der Waals surface area contributed by atoms with Crippen molar-refractivity contribution in [1.29, 1.82) is 0 Å². The summed E-state index contributed by atoms with van der Waals surface area (Å²) in [5.41, 5.74) is -5.19. The third-order valence-corrected chi connectivity index (χ3v) is 6.34. The number of aromatic nitrogens is 1. The number of carbonyl (C=O) groups is 2. The van der Waals surface area contributed by atoms with Crippen LogP contribution in [0, 0.1) is 6.92 Å². The quantitative estimate of drug-likeness (QED) is 0.679. The molecule has 0 N–H and O–H groups in total. The van der Waals surface area contributed by atoms with E-state index in [-0.39, 0.29) is 12.2 Å². The van der Waals surface area contributed by atoms with E-state index in [4.69, 9.17) is 0 Å². The number of rotatable bonds is 4. The number of amides is 3. The Morgan fingerprint density at radius 3 is 2.20 bits per heavy atom. The summed E-state index contributed by atoms with van der Waals surface area (Å²) in [5.74, 6) is -0.579. The number of imide groups is 1. The molecule has 0 spiro atoms. The van der Waals surface area contributed by atoms with Crippen molar-refractivity contribution in [2.75, 3.05) is 4.90 Å². The predicted molar refractivity (Wildman–Crippen MR) is 101 cm³/mol. The number of benzene rings is 1. The molecule has 0 bridgehead atoms. The number of hydrogen-bond donors (Lipinski definition) is 0. The maximum Gasteiger partial charge on any atom is 0.501 e. The minimum Gasteiger partial charge on any atom is -0.305 e. The van der Waals surface area contributed by atoms with Gasteiger partial charge in [0.1, 0.15) is 5.54 Å². The zero-order valence-electron chi connectivity index (χ0n) is 16.3. The molecular weight excluding hydrogens is 423 g/mol. The van der Waals surface area contributed by atoms with E-state index in [0.29, 0.717) is 0 Å². The van der Waals surface area contributed by atoms with Gasteiger partial charge < -0.3 is 4.90 Å². The highest BCUT2D eigenvalue weighted by molar-refractivity contribution is 7.92. The highest BCUT2D eigenvalue weighted by atomic mass is 32.2. The number of sulfone groups is 1. The van der Waals surface area contributed by atoms with Gasteiger partial charge in [-0.3, -0.25) is 9.78 Å². The largest absolute Gasteiger partial charge is 0.501 e. The van der Waals surface area contributed by atoms with Crippen molar-refractivity contribution >= 4 is 27.5 Å². The highest BCUT2D eigenvalue weighted by Crippen LogP contribution is 2.35. The minimum atomic E-state index is -5.53. The molecule has 1 saturated heterocycles. The summed E-state index contributed by atoms with van der Waals surface area (Å²) in [5, 5.41) is 0. The summed E-state index contributed by atoms with van der Waals surface area (Å²) in [6, 6.07) is 6.27. The predicted octanol–water partition coefficient (Wildman–Crippen LogP) is 3.43. The molecule has 3 amide bonds. The molecule has 1 aromatic heterocycles. The fraction of sp³-hybridized carbons (Fsp3) is 0.316. The third-order valence-electron chi connectivity index (χ3n) is 4.84. The molecule has 0 saturated carbocycles. The summed E-state index contributed by atoms with van der Waals surface area (Å²) in [6.45, 7) is 5.03. The van der Waals surface area contributed by atoms with Crippen molar-refractivity contribution in [3.05, 3.63) is 53.9 Å². The lowest BCUT2D eigenvalue weighted by molar-refractivity contribution is -0.123. The van der Waals surface area contributed by atoms with Crippen LogP contribution < -0.4 is 4.90 Å². The number of halogens is 3. The summed E-state index contributed by atoms with van der Waals surface area (Å²) in [6.07, 6.45) is 1.58. The number of anilines is 1. The summed E-state index contributed by atoms with van der Waals surface area (Å²) >= 11 is 0. The number of alkyl halides is 3. The van der Waals surface area contributed by atoms with Gasteiger partial charge in [-0.25, -0.2) is 18.1 Å². The van der Waals surface area contributed by atoms with E-state index in [1.165, 1.54) is 4.90 Å². The number of hydrogen-bond acceptors (Lipinski definition) is 5. The lowest BCUT2D eigenvalue weighted by Crippen LogP contribution is -2.43. The fourth-order valence-electron chi connectivity index (χ4n) is 3.12. The number of aryl methyl sites for hydroxylation is 1. The fourth-order valence-corrected chi connectivity index (χ4v) is 3.88. The molecule has 1 aliphatic heterocycles. The van der Waals surface area contributed by atoms with Crippen molar-refractivity contribution in [1.82, 2.24) is 9.88 Å². The van der Waals surface area contributed by atoms with E-state index in [9.17, 15) is 31.2 Å². The first-order chi connectivity index (χ1) is 13.8. The Morgan fingerprint density at radius 2 is 1.67 bits per heavy atom. The van der Waals surface area contributed by atoms with Gasteiger partial charge in [-0.15, -0.1) is 0 Å². The van der Waals surface area contributed by atoms with Crippen LogP contribution in [0.3, 0.4) is 0 Å². The number of nitrogens with zero attached hydrogens (tertiary/aromatic N) is 3. The zero-order valence-corrected chi connectivity index (χ0v) is 17.1. The van der Waals surface area contributed by atoms with Gasteiger partial charge in [0.15, 0.2) is 0 Å². The van der Waals surface area contributed by atoms with E-state index in [0.717, 1.165) is 40.4 Å². The molecule has 2 heterocycles. The van der Waals surface area contributed by atoms with Crippen LogP contribution >= 0.6 is 0 Å². The molecule has 1 aliphatic rings. The van der Waals surface area contributed by atoms with Gasteiger partial charge in [0.2, 0.25) is 0 Å². The molecule has 1 aromatic carbocycles. The highest BCUT2D eigenvalue weighted by Gasteiger charge is 2.52. The normalized spacial score (nSPS) is 17.0. The Kier molecular flexibility index (Phi) is 5.13. The standard InChI is InChI=1S/C19H18F3N3O4S/c1-12-10-13(8-9-23-12)11-24-17(27)25(16(26)18(24,2)3)14-4-6-15(7-5-14)30(28,29)19(20,21)22/h4-10H,11H2,1-3H3. The monoisotopic (exact) mass is 441 g/mol. The summed E-state index contributed by atoms with van der Waals surface area (Å²) < 4.78 is 61.2. The Balaban J connectivity index is 1.93. The molecule has 0 aliphatic carbocycles. The van der Waals surface area contributed by atoms with Gasteiger partial charge in [0.05, 0.1) is 10.6 Å². The van der Waals surface area contributed by atoms with E-state index >= 15 is 0 Å². The van der Waals surface area contributed by atoms with E-state index in [2.05, 4.69) is 4.98 Å².